The number of ether oxygens (including phenoxy) is 1. The zero-order valence-corrected chi connectivity index (χ0v) is 14.3. The number of aliphatic hydroxyl groups is 1. The molecule has 1 aromatic rings. The van der Waals surface area contributed by atoms with E-state index in [1.54, 1.807) is 6.07 Å². The number of amides is 2. The molecule has 1 aromatic carbocycles. The third-order valence-corrected chi connectivity index (χ3v) is 5.34. The molecule has 1 aliphatic heterocycles. The molecule has 5 nitrogen and oxygen atoms in total. The first-order valence-electron chi connectivity index (χ1n) is 8.36. The second kappa shape index (κ2) is 7.21. The van der Waals surface area contributed by atoms with Gasteiger partial charge in [-0.05, 0) is 24.5 Å². The van der Waals surface area contributed by atoms with E-state index in [-0.39, 0.29) is 31.6 Å². The molecule has 1 saturated heterocycles. The average molecular weight is 352 g/mol. The lowest BCUT2D eigenvalue weighted by molar-refractivity contribution is -0.143. The van der Waals surface area contributed by atoms with Gasteiger partial charge < -0.3 is 9.84 Å². The second-order valence-electron chi connectivity index (χ2n) is 6.73. The Bertz CT molecular complexity index is 627. The molecule has 1 unspecified atom stereocenters. The minimum Gasteiger partial charge on any atom is -0.389 e. The van der Waals surface area contributed by atoms with Crippen molar-refractivity contribution in [2.45, 2.75) is 44.8 Å². The van der Waals surface area contributed by atoms with E-state index in [1.165, 1.54) is 4.90 Å². The van der Waals surface area contributed by atoms with E-state index in [1.807, 2.05) is 18.2 Å². The lowest BCUT2D eigenvalue weighted by Gasteiger charge is -2.22. The van der Waals surface area contributed by atoms with Gasteiger partial charge >= 0.3 is 0 Å². The van der Waals surface area contributed by atoms with Gasteiger partial charge in [0.1, 0.15) is 0 Å². The molecule has 24 heavy (non-hydrogen) atoms. The number of hydrogen-bond acceptors (Lipinski definition) is 4. The van der Waals surface area contributed by atoms with Crippen molar-refractivity contribution in [3.63, 3.8) is 0 Å². The summed E-state index contributed by atoms with van der Waals surface area (Å²) in [5.41, 5.74) is 0.347. The summed E-state index contributed by atoms with van der Waals surface area (Å²) in [4.78, 5) is 25.9. The van der Waals surface area contributed by atoms with Crippen molar-refractivity contribution in [2.75, 3.05) is 13.2 Å². The van der Waals surface area contributed by atoms with Crippen LogP contribution in [-0.4, -0.2) is 41.1 Å². The van der Waals surface area contributed by atoms with E-state index in [2.05, 4.69) is 0 Å². The number of benzene rings is 1. The van der Waals surface area contributed by atoms with E-state index in [9.17, 15) is 14.7 Å². The number of aliphatic hydroxyl groups excluding tert-OH is 1. The van der Waals surface area contributed by atoms with Crippen LogP contribution in [0.5, 0.6) is 0 Å². The van der Waals surface area contributed by atoms with Crippen molar-refractivity contribution in [1.82, 2.24) is 4.90 Å². The van der Waals surface area contributed by atoms with Gasteiger partial charge in [0, 0.05) is 11.4 Å². The molecule has 1 aliphatic carbocycles. The lowest BCUT2D eigenvalue weighted by atomic mass is 9.84. The van der Waals surface area contributed by atoms with Gasteiger partial charge in [-0.2, -0.15) is 0 Å². The Morgan fingerprint density at radius 2 is 1.96 bits per heavy atom. The highest BCUT2D eigenvalue weighted by Crippen LogP contribution is 2.46. The van der Waals surface area contributed by atoms with Crippen molar-refractivity contribution < 1.29 is 19.4 Å². The fourth-order valence-corrected chi connectivity index (χ4v) is 3.86. The maximum Gasteiger partial charge on any atom is 0.235 e. The van der Waals surface area contributed by atoms with E-state index in [0.29, 0.717) is 11.4 Å². The van der Waals surface area contributed by atoms with Crippen molar-refractivity contribution in [2.24, 2.45) is 5.41 Å². The molecule has 1 N–H and O–H groups in total. The fourth-order valence-electron chi connectivity index (χ4n) is 3.67. The van der Waals surface area contributed by atoms with Crippen LogP contribution in [0.1, 0.15) is 37.7 Å². The Morgan fingerprint density at radius 1 is 1.25 bits per heavy atom. The minimum absolute atomic E-state index is 0.00192. The van der Waals surface area contributed by atoms with Gasteiger partial charge in [-0.3, -0.25) is 14.5 Å². The summed E-state index contributed by atoms with van der Waals surface area (Å²) in [6.07, 6.45) is 2.96. The SMILES string of the molecule is O=C1CC2(CCCC2)C(=O)N1CC(O)COCc1ccccc1Cl. The first kappa shape index (κ1) is 17.4. The summed E-state index contributed by atoms with van der Waals surface area (Å²) in [5, 5.41) is 10.7. The van der Waals surface area contributed by atoms with E-state index < -0.39 is 11.5 Å². The monoisotopic (exact) mass is 351 g/mol. The van der Waals surface area contributed by atoms with Crippen LogP contribution < -0.4 is 0 Å². The molecule has 0 radical (unpaired) electrons. The van der Waals surface area contributed by atoms with Gasteiger partial charge in [-0.25, -0.2) is 0 Å². The highest BCUT2D eigenvalue weighted by Gasteiger charge is 2.52. The Hall–Kier alpha value is -1.43. The molecule has 2 amide bonds. The maximum atomic E-state index is 12.6. The van der Waals surface area contributed by atoms with Crippen LogP contribution in [-0.2, 0) is 20.9 Å². The molecule has 0 aromatic heterocycles. The largest absolute Gasteiger partial charge is 0.389 e. The fraction of sp³-hybridized carbons (Fsp3) is 0.556. The summed E-state index contributed by atoms with van der Waals surface area (Å²) >= 11 is 6.04. The predicted molar refractivity (Wildman–Crippen MR) is 89.4 cm³/mol. The molecule has 2 fully saturated rings. The van der Waals surface area contributed by atoms with Gasteiger partial charge in [0.2, 0.25) is 11.8 Å². The predicted octanol–water partition coefficient (Wildman–Crippen LogP) is 2.54. The molecular formula is C18H22ClNO4. The molecular weight excluding hydrogens is 330 g/mol. The van der Waals surface area contributed by atoms with Crippen LogP contribution in [0.3, 0.4) is 0 Å². The number of rotatable bonds is 6. The Kier molecular flexibility index (Phi) is 5.23. The number of nitrogens with zero attached hydrogens (tertiary/aromatic N) is 1. The standard InChI is InChI=1S/C18H22ClNO4/c19-15-6-2-1-5-13(15)11-24-12-14(21)10-20-16(22)9-18(17(20)23)7-3-4-8-18/h1-2,5-6,14,21H,3-4,7-12H2. The molecule has 1 atom stereocenters. The van der Waals surface area contributed by atoms with Crippen LogP contribution in [0.15, 0.2) is 24.3 Å². The normalized spacial score (nSPS) is 21.0. The van der Waals surface area contributed by atoms with Crippen molar-refractivity contribution in [3.8, 4) is 0 Å². The van der Waals surface area contributed by atoms with Gasteiger partial charge in [-0.15, -0.1) is 0 Å². The van der Waals surface area contributed by atoms with Crippen LogP contribution in [0, 0.1) is 5.41 Å². The van der Waals surface area contributed by atoms with Crippen LogP contribution in [0.25, 0.3) is 0 Å². The van der Waals surface area contributed by atoms with Crippen LogP contribution >= 0.6 is 11.6 Å². The smallest absolute Gasteiger partial charge is 0.235 e. The van der Waals surface area contributed by atoms with Gasteiger partial charge in [-0.1, -0.05) is 42.6 Å². The van der Waals surface area contributed by atoms with Gasteiger partial charge in [0.15, 0.2) is 0 Å². The lowest BCUT2D eigenvalue weighted by Crippen LogP contribution is -2.40. The quantitative estimate of drug-likeness (QED) is 0.800. The zero-order valence-electron chi connectivity index (χ0n) is 13.5. The summed E-state index contributed by atoms with van der Waals surface area (Å²) in [6, 6.07) is 7.33. The van der Waals surface area contributed by atoms with Crippen molar-refractivity contribution in [1.29, 1.82) is 0 Å². The number of imide groups is 1. The van der Waals surface area contributed by atoms with E-state index in [4.69, 9.17) is 16.3 Å². The third kappa shape index (κ3) is 3.48. The minimum atomic E-state index is -0.892. The number of likely N-dealkylation sites (tertiary alicyclic amines) is 1. The van der Waals surface area contributed by atoms with Crippen LogP contribution in [0.4, 0.5) is 0 Å². The molecule has 1 spiro atoms. The highest BCUT2D eigenvalue weighted by molar-refractivity contribution is 6.31. The molecule has 1 saturated carbocycles. The number of carbonyl (C=O) groups is 2. The third-order valence-electron chi connectivity index (χ3n) is 4.97. The molecule has 2 aliphatic rings. The number of halogens is 1. The Balaban J connectivity index is 1.50. The van der Waals surface area contributed by atoms with Crippen molar-refractivity contribution >= 4 is 23.4 Å². The first-order valence-corrected chi connectivity index (χ1v) is 8.74. The average Bonchev–Trinajstić information content (AvgIpc) is 3.11. The second-order valence-corrected chi connectivity index (χ2v) is 7.14. The first-order chi connectivity index (χ1) is 11.5. The van der Waals surface area contributed by atoms with Crippen LogP contribution in [0.2, 0.25) is 5.02 Å². The Labute approximate surface area is 146 Å². The van der Waals surface area contributed by atoms with Gasteiger partial charge in [0.25, 0.3) is 0 Å². The highest BCUT2D eigenvalue weighted by atomic mass is 35.5. The summed E-state index contributed by atoms with van der Waals surface area (Å²) in [7, 11) is 0. The summed E-state index contributed by atoms with van der Waals surface area (Å²) < 4.78 is 5.48. The number of β-amino-alcohol motifs (C(OH)–C–C–N with tert-alkyl or cyclic N) is 1. The zero-order chi connectivity index (χ0) is 17.2. The van der Waals surface area contributed by atoms with E-state index >= 15 is 0 Å². The maximum absolute atomic E-state index is 12.6. The molecule has 130 valence electrons. The van der Waals surface area contributed by atoms with E-state index in [0.717, 1.165) is 31.2 Å². The Morgan fingerprint density at radius 3 is 2.67 bits per heavy atom. The number of hydrogen-bond donors (Lipinski definition) is 1. The van der Waals surface area contributed by atoms with Gasteiger partial charge in [0.05, 0.1) is 31.3 Å². The summed E-state index contributed by atoms with van der Waals surface area (Å²) in [5.74, 6) is -0.290. The van der Waals surface area contributed by atoms with Crippen molar-refractivity contribution in [3.05, 3.63) is 34.9 Å². The molecule has 6 heteroatoms. The molecule has 3 rings (SSSR count). The topological polar surface area (TPSA) is 66.8 Å². The molecule has 0 bridgehead atoms. The number of carbonyl (C=O) groups excluding carboxylic acids is 2. The summed E-state index contributed by atoms with van der Waals surface area (Å²) in [6.45, 7) is 0.333. The molecule has 1 heterocycles.